The molecule has 7 heteroatoms. The number of thiazole rings is 1. The first kappa shape index (κ1) is 15.8. The van der Waals surface area contributed by atoms with Crippen LogP contribution in [0.1, 0.15) is 0 Å². The molecule has 4 heterocycles. The molecule has 134 valence electrons. The monoisotopic (exact) mass is 370 g/mol. The number of halogens is 1. The molecule has 0 spiro atoms. The van der Waals surface area contributed by atoms with E-state index >= 15 is 0 Å². The first-order valence-electron chi connectivity index (χ1n) is 8.77. The van der Waals surface area contributed by atoms with Crippen LogP contribution in [0.5, 0.6) is 5.75 Å². The Morgan fingerprint density at radius 3 is 2.58 bits per heavy atom. The summed E-state index contributed by atoms with van der Waals surface area (Å²) in [5.41, 5.74) is 0.934. The fraction of sp³-hybridized carbons (Fsp3) is 0.368. The lowest BCUT2D eigenvalue weighted by Crippen LogP contribution is -2.29. The van der Waals surface area contributed by atoms with Gasteiger partial charge in [-0.2, -0.15) is 0 Å². The van der Waals surface area contributed by atoms with Gasteiger partial charge >= 0.3 is 0 Å². The second-order valence-corrected chi connectivity index (χ2v) is 7.95. The molecule has 1 aromatic carbocycles. The standard InChI is InChI=1S/C19H19FN4OS/c1-25-15-5-2-6-16-17(15)22-19(26-16)24-10-12-8-23(9-13(12)11-24)18-14(20)4-3-7-21-18/h2-7,12-13H,8-11H2,1H3. The Morgan fingerprint density at radius 1 is 1.08 bits per heavy atom. The number of ether oxygens (including phenoxy) is 1. The number of fused-ring (bicyclic) bond motifs is 2. The SMILES string of the molecule is COc1cccc2sc(N3CC4CN(c5ncccc5F)CC4C3)nc12. The molecular formula is C19H19FN4OS. The van der Waals surface area contributed by atoms with Gasteiger partial charge in [0.15, 0.2) is 16.8 Å². The number of pyridine rings is 1. The third kappa shape index (κ3) is 2.49. The average Bonchev–Trinajstić information content (AvgIpc) is 3.33. The van der Waals surface area contributed by atoms with Crippen molar-refractivity contribution in [3.05, 3.63) is 42.3 Å². The number of nitrogens with zero attached hydrogens (tertiary/aromatic N) is 4. The minimum Gasteiger partial charge on any atom is -0.494 e. The summed E-state index contributed by atoms with van der Waals surface area (Å²) in [5.74, 6) is 2.11. The first-order valence-corrected chi connectivity index (χ1v) is 9.58. The van der Waals surface area contributed by atoms with Gasteiger partial charge in [-0.05, 0) is 24.3 Å². The van der Waals surface area contributed by atoms with Gasteiger partial charge in [-0.3, -0.25) is 0 Å². The number of para-hydroxylation sites is 1. The Kier molecular flexibility index (Phi) is 3.70. The maximum atomic E-state index is 14.0. The summed E-state index contributed by atoms with van der Waals surface area (Å²) in [6.07, 6.45) is 1.66. The Morgan fingerprint density at radius 2 is 1.85 bits per heavy atom. The normalized spacial score (nSPS) is 22.2. The maximum absolute atomic E-state index is 14.0. The van der Waals surface area contributed by atoms with Gasteiger partial charge in [0.05, 0.1) is 11.8 Å². The summed E-state index contributed by atoms with van der Waals surface area (Å²) < 4.78 is 20.6. The quantitative estimate of drug-likeness (QED) is 0.707. The van der Waals surface area contributed by atoms with Gasteiger partial charge in [0, 0.05) is 44.2 Å². The number of aromatic nitrogens is 2. The van der Waals surface area contributed by atoms with E-state index in [0.29, 0.717) is 17.7 Å². The molecule has 2 aromatic heterocycles. The highest BCUT2D eigenvalue weighted by molar-refractivity contribution is 7.22. The van der Waals surface area contributed by atoms with E-state index in [9.17, 15) is 4.39 Å². The molecule has 0 N–H and O–H groups in total. The molecule has 2 unspecified atom stereocenters. The smallest absolute Gasteiger partial charge is 0.186 e. The van der Waals surface area contributed by atoms with Crippen molar-refractivity contribution in [2.24, 2.45) is 11.8 Å². The molecule has 2 aliphatic rings. The van der Waals surface area contributed by atoms with Gasteiger partial charge in [-0.1, -0.05) is 17.4 Å². The molecule has 2 fully saturated rings. The topological polar surface area (TPSA) is 41.5 Å². The summed E-state index contributed by atoms with van der Waals surface area (Å²) in [6, 6.07) is 9.16. The molecule has 26 heavy (non-hydrogen) atoms. The van der Waals surface area contributed by atoms with Gasteiger partial charge in [0.1, 0.15) is 11.3 Å². The molecule has 2 aliphatic heterocycles. The van der Waals surface area contributed by atoms with Crippen molar-refractivity contribution in [3.8, 4) is 5.75 Å². The van der Waals surface area contributed by atoms with Crippen LogP contribution < -0.4 is 14.5 Å². The van der Waals surface area contributed by atoms with Gasteiger partial charge in [-0.15, -0.1) is 0 Å². The van der Waals surface area contributed by atoms with Crippen LogP contribution in [0.4, 0.5) is 15.3 Å². The van der Waals surface area contributed by atoms with Crippen LogP contribution in [-0.4, -0.2) is 43.3 Å². The van der Waals surface area contributed by atoms with E-state index in [1.807, 2.05) is 12.1 Å². The summed E-state index contributed by atoms with van der Waals surface area (Å²) in [5, 5.41) is 1.05. The molecule has 2 saturated heterocycles. The molecule has 0 radical (unpaired) electrons. The number of rotatable bonds is 3. The van der Waals surface area contributed by atoms with Gasteiger partial charge in [-0.25, -0.2) is 14.4 Å². The van der Waals surface area contributed by atoms with Crippen LogP contribution in [0, 0.1) is 17.7 Å². The van der Waals surface area contributed by atoms with E-state index in [1.165, 1.54) is 6.07 Å². The lowest BCUT2D eigenvalue weighted by atomic mass is 10.0. The molecule has 0 saturated carbocycles. The highest BCUT2D eigenvalue weighted by Gasteiger charge is 2.41. The molecule has 0 amide bonds. The molecule has 3 aromatic rings. The Hall–Kier alpha value is -2.41. The number of hydrogen-bond acceptors (Lipinski definition) is 6. The molecule has 2 atom stereocenters. The van der Waals surface area contributed by atoms with Crippen LogP contribution in [0.2, 0.25) is 0 Å². The number of anilines is 2. The Labute approximate surface area is 155 Å². The van der Waals surface area contributed by atoms with Crippen molar-refractivity contribution in [2.45, 2.75) is 0 Å². The number of benzene rings is 1. The first-order chi connectivity index (χ1) is 12.7. The van der Waals surface area contributed by atoms with Crippen molar-refractivity contribution < 1.29 is 9.13 Å². The summed E-state index contributed by atoms with van der Waals surface area (Å²) in [6.45, 7) is 3.61. The summed E-state index contributed by atoms with van der Waals surface area (Å²) in [4.78, 5) is 13.5. The molecule has 5 nitrogen and oxygen atoms in total. The van der Waals surface area contributed by atoms with Crippen LogP contribution in [0.15, 0.2) is 36.5 Å². The fourth-order valence-corrected chi connectivity index (χ4v) is 5.15. The molecule has 5 rings (SSSR count). The van der Waals surface area contributed by atoms with E-state index in [1.54, 1.807) is 30.7 Å². The number of methoxy groups -OCH3 is 1. The number of hydrogen-bond donors (Lipinski definition) is 0. The van der Waals surface area contributed by atoms with Crippen LogP contribution >= 0.6 is 11.3 Å². The predicted molar refractivity (Wildman–Crippen MR) is 102 cm³/mol. The van der Waals surface area contributed by atoms with Gasteiger partial charge in [0.25, 0.3) is 0 Å². The Bertz CT molecular complexity index is 948. The zero-order valence-electron chi connectivity index (χ0n) is 14.4. The molecular weight excluding hydrogens is 351 g/mol. The third-order valence-electron chi connectivity index (χ3n) is 5.39. The van der Waals surface area contributed by atoms with E-state index in [-0.39, 0.29) is 5.82 Å². The third-order valence-corrected chi connectivity index (χ3v) is 6.47. The second kappa shape index (κ2) is 6.09. The predicted octanol–water partition coefficient (Wildman–Crippen LogP) is 3.41. The van der Waals surface area contributed by atoms with Gasteiger partial charge < -0.3 is 14.5 Å². The fourth-order valence-electron chi connectivity index (χ4n) is 4.14. The zero-order chi connectivity index (χ0) is 17.7. The van der Waals surface area contributed by atoms with Crippen molar-refractivity contribution in [2.75, 3.05) is 43.1 Å². The van der Waals surface area contributed by atoms with Crippen molar-refractivity contribution >= 4 is 32.5 Å². The summed E-state index contributed by atoms with van der Waals surface area (Å²) >= 11 is 1.71. The lowest BCUT2D eigenvalue weighted by Gasteiger charge is -2.22. The lowest BCUT2D eigenvalue weighted by molar-refractivity contribution is 0.419. The van der Waals surface area contributed by atoms with Crippen molar-refractivity contribution in [3.63, 3.8) is 0 Å². The minimum atomic E-state index is -0.234. The van der Waals surface area contributed by atoms with Crippen molar-refractivity contribution in [1.82, 2.24) is 9.97 Å². The largest absolute Gasteiger partial charge is 0.494 e. The highest BCUT2D eigenvalue weighted by atomic mass is 32.1. The van der Waals surface area contributed by atoms with Crippen LogP contribution in [-0.2, 0) is 0 Å². The Balaban J connectivity index is 1.35. The van der Waals surface area contributed by atoms with E-state index in [4.69, 9.17) is 9.72 Å². The van der Waals surface area contributed by atoms with E-state index in [2.05, 4.69) is 20.9 Å². The second-order valence-electron chi connectivity index (χ2n) is 6.94. The van der Waals surface area contributed by atoms with E-state index < -0.39 is 0 Å². The zero-order valence-corrected chi connectivity index (χ0v) is 15.2. The molecule has 0 aliphatic carbocycles. The van der Waals surface area contributed by atoms with Gasteiger partial charge in [0.2, 0.25) is 0 Å². The minimum absolute atomic E-state index is 0.234. The van der Waals surface area contributed by atoms with Crippen LogP contribution in [0.25, 0.3) is 10.2 Å². The van der Waals surface area contributed by atoms with Crippen LogP contribution in [0.3, 0.4) is 0 Å². The van der Waals surface area contributed by atoms with E-state index in [0.717, 1.165) is 47.3 Å². The summed E-state index contributed by atoms with van der Waals surface area (Å²) in [7, 11) is 1.68. The van der Waals surface area contributed by atoms with Crippen molar-refractivity contribution in [1.29, 1.82) is 0 Å². The maximum Gasteiger partial charge on any atom is 0.186 e. The highest BCUT2D eigenvalue weighted by Crippen LogP contribution is 2.40. The average molecular weight is 370 g/mol. The molecule has 0 bridgehead atoms.